The van der Waals surface area contributed by atoms with Crippen molar-refractivity contribution in [3.8, 4) is 0 Å². The second-order valence-electron chi connectivity index (χ2n) is 3.77. The molecule has 0 radical (unpaired) electrons. The Hall–Kier alpha value is -1.13. The van der Waals surface area contributed by atoms with Gasteiger partial charge in [0.2, 0.25) is 9.84 Å². The maximum atomic E-state index is 12.2. The second-order valence-corrected chi connectivity index (χ2v) is 6.64. The van der Waals surface area contributed by atoms with Crippen molar-refractivity contribution in [1.82, 2.24) is 0 Å². The van der Waals surface area contributed by atoms with E-state index in [0.717, 1.165) is 10.0 Å². The molecule has 0 aliphatic rings. The zero-order valence-electron chi connectivity index (χ0n) is 9.22. The van der Waals surface area contributed by atoms with Gasteiger partial charge in [-0.1, -0.05) is 33.6 Å². The molecule has 0 unspecified atom stereocenters. The molecular formula is C13H11BrO2S. The lowest BCUT2D eigenvalue weighted by Crippen LogP contribution is -2.01. The molecule has 0 saturated carbocycles. The first-order valence-corrected chi connectivity index (χ1v) is 7.35. The number of benzene rings is 2. The smallest absolute Gasteiger partial charge is 0.206 e. The molecule has 2 nitrogen and oxygen atoms in total. The van der Waals surface area contributed by atoms with Gasteiger partial charge in [0.1, 0.15) is 0 Å². The molecule has 0 fully saturated rings. The van der Waals surface area contributed by atoms with Crippen LogP contribution in [0, 0.1) is 6.92 Å². The lowest BCUT2D eigenvalue weighted by molar-refractivity contribution is 0.596. The van der Waals surface area contributed by atoms with Crippen molar-refractivity contribution in [2.24, 2.45) is 0 Å². The van der Waals surface area contributed by atoms with E-state index in [4.69, 9.17) is 0 Å². The predicted molar refractivity (Wildman–Crippen MR) is 70.8 cm³/mol. The number of hydrogen-bond donors (Lipinski definition) is 0. The summed E-state index contributed by atoms with van der Waals surface area (Å²) in [5.74, 6) is 0. The first kappa shape index (κ1) is 12.3. The van der Waals surface area contributed by atoms with Crippen LogP contribution in [0.4, 0.5) is 0 Å². The van der Waals surface area contributed by atoms with Gasteiger partial charge in [0.25, 0.3) is 0 Å². The molecule has 88 valence electrons. The van der Waals surface area contributed by atoms with Crippen LogP contribution in [0.15, 0.2) is 62.8 Å². The Morgan fingerprint density at radius 3 is 1.71 bits per heavy atom. The SMILES string of the molecule is Cc1ccc(S(=O)(=O)c2ccc(Br)cc2)cc1. The number of rotatable bonds is 2. The molecule has 0 N–H and O–H groups in total. The van der Waals surface area contributed by atoms with Gasteiger partial charge in [-0.25, -0.2) is 8.42 Å². The summed E-state index contributed by atoms with van der Waals surface area (Å²) in [6.07, 6.45) is 0. The first-order valence-electron chi connectivity index (χ1n) is 5.07. The van der Waals surface area contributed by atoms with Gasteiger partial charge < -0.3 is 0 Å². The van der Waals surface area contributed by atoms with Crippen molar-refractivity contribution in [1.29, 1.82) is 0 Å². The molecule has 17 heavy (non-hydrogen) atoms. The van der Waals surface area contributed by atoms with Crippen molar-refractivity contribution in [3.05, 3.63) is 58.6 Å². The quantitative estimate of drug-likeness (QED) is 0.849. The van der Waals surface area contributed by atoms with E-state index in [1.54, 1.807) is 48.5 Å². The molecule has 2 aromatic carbocycles. The second kappa shape index (κ2) is 4.63. The molecule has 0 aromatic heterocycles. The molecule has 0 bridgehead atoms. The van der Waals surface area contributed by atoms with Crippen LogP contribution in [0.3, 0.4) is 0 Å². The zero-order valence-corrected chi connectivity index (χ0v) is 11.6. The fourth-order valence-corrected chi connectivity index (χ4v) is 2.99. The van der Waals surface area contributed by atoms with E-state index in [2.05, 4.69) is 15.9 Å². The largest absolute Gasteiger partial charge is 0.219 e. The molecule has 0 spiro atoms. The maximum Gasteiger partial charge on any atom is 0.206 e. The normalized spacial score (nSPS) is 11.4. The highest BCUT2D eigenvalue weighted by atomic mass is 79.9. The molecule has 0 aliphatic heterocycles. The van der Waals surface area contributed by atoms with Crippen LogP contribution in [0.2, 0.25) is 0 Å². The Morgan fingerprint density at radius 1 is 0.824 bits per heavy atom. The van der Waals surface area contributed by atoms with Crippen LogP contribution >= 0.6 is 15.9 Å². The number of aryl methyl sites for hydroxylation is 1. The van der Waals surface area contributed by atoms with E-state index in [-0.39, 0.29) is 0 Å². The van der Waals surface area contributed by atoms with Crippen LogP contribution in [0.25, 0.3) is 0 Å². The molecule has 0 aliphatic carbocycles. The average molecular weight is 311 g/mol. The maximum absolute atomic E-state index is 12.2. The summed E-state index contributed by atoms with van der Waals surface area (Å²) in [6, 6.07) is 13.5. The van der Waals surface area contributed by atoms with Gasteiger partial charge in [0.05, 0.1) is 9.79 Å². The van der Waals surface area contributed by atoms with Crippen molar-refractivity contribution in [3.63, 3.8) is 0 Å². The van der Waals surface area contributed by atoms with Gasteiger partial charge in [-0.15, -0.1) is 0 Å². The fraction of sp³-hybridized carbons (Fsp3) is 0.0769. The molecule has 0 atom stereocenters. The van der Waals surface area contributed by atoms with Gasteiger partial charge in [-0.3, -0.25) is 0 Å². The van der Waals surface area contributed by atoms with Crippen LogP contribution in [0.1, 0.15) is 5.56 Å². The van der Waals surface area contributed by atoms with E-state index < -0.39 is 9.84 Å². The third kappa shape index (κ3) is 2.58. The average Bonchev–Trinajstić information content (AvgIpc) is 2.30. The minimum Gasteiger partial charge on any atom is -0.219 e. The Balaban J connectivity index is 2.50. The predicted octanol–water partition coefficient (Wildman–Crippen LogP) is 3.59. The summed E-state index contributed by atoms with van der Waals surface area (Å²) in [5.41, 5.74) is 1.04. The minimum absolute atomic E-state index is 0.310. The summed E-state index contributed by atoms with van der Waals surface area (Å²) in [5, 5.41) is 0. The number of sulfone groups is 1. The van der Waals surface area contributed by atoms with E-state index in [9.17, 15) is 8.42 Å². The van der Waals surface area contributed by atoms with E-state index in [1.807, 2.05) is 6.92 Å². The molecule has 2 rings (SSSR count). The van der Waals surface area contributed by atoms with Gasteiger partial charge in [-0.2, -0.15) is 0 Å². The molecular weight excluding hydrogens is 300 g/mol. The monoisotopic (exact) mass is 310 g/mol. The molecule has 0 heterocycles. The van der Waals surface area contributed by atoms with Crippen LogP contribution in [-0.4, -0.2) is 8.42 Å². The van der Waals surface area contributed by atoms with Crippen molar-refractivity contribution >= 4 is 25.8 Å². The number of halogens is 1. The molecule has 2 aromatic rings. The van der Waals surface area contributed by atoms with Crippen LogP contribution < -0.4 is 0 Å². The summed E-state index contributed by atoms with van der Waals surface area (Å²) in [4.78, 5) is 0.634. The lowest BCUT2D eigenvalue weighted by Gasteiger charge is -2.05. The topological polar surface area (TPSA) is 34.1 Å². The Morgan fingerprint density at radius 2 is 1.24 bits per heavy atom. The third-order valence-electron chi connectivity index (χ3n) is 2.46. The summed E-state index contributed by atoms with van der Waals surface area (Å²) < 4.78 is 25.3. The highest BCUT2D eigenvalue weighted by Crippen LogP contribution is 2.22. The van der Waals surface area contributed by atoms with E-state index in [1.165, 1.54) is 0 Å². The molecule has 0 saturated heterocycles. The highest BCUT2D eigenvalue weighted by molar-refractivity contribution is 9.10. The fourth-order valence-electron chi connectivity index (χ4n) is 1.47. The van der Waals surface area contributed by atoms with Gasteiger partial charge in [0.15, 0.2) is 0 Å². The third-order valence-corrected chi connectivity index (χ3v) is 4.77. The zero-order chi connectivity index (χ0) is 12.5. The molecule has 0 amide bonds. The summed E-state index contributed by atoms with van der Waals surface area (Å²) >= 11 is 3.28. The highest BCUT2D eigenvalue weighted by Gasteiger charge is 2.16. The standard InChI is InChI=1S/C13H11BrO2S/c1-10-2-6-12(7-3-10)17(15,16)13-8-4-11(14)5-9-13/h2-9H,1H3. The van der Waals surface area contributed by atoms with Crippen LogP contribution in [0.5, 0.6) is 0 Å². The van der Waals surface area contributed by atoms with E-state index in [0.29, 0.717) is 9.79 Å². The van der Waals surface area contributed by atoms with Gasteiger partial charge >= 0.3 is 0 Å². The Bertz CT molecular complexity index is 562. The summed E-state index contributed by atoms with van der Waals surface area (Å²) in [7, 11) is -3.39. The van der Waals surface area contributed by atoms with Crippen molar-refractivity contribution in [2.45, 2.75) is 16.7 Å². The van der Waals surface area contributed by atoms with Gasteiger partial charge in [0, 0.05) is 4.47 Å². The first-order chi connectivity index (χ1) is 8.00. The Kier molecular flexibility index (Phi) is 3.35. The lowest BCUT2D eigenvalue weighted by atomic mass is 10.2. The van der Waals surface area contributed by atoms with Gasteiger partial charge in [-0.05, 0) is 43.3 Å². The van der Waals surface area contributed by atoms with Crippen LogP contribution in [-0.2, 0) is 9.84 Å². The van der Waals surface area contributed by atoms with Crippen molar-refractivity contribution in [2.75, 3.05) is 0 Å². The van der Waals surface area contributed by atoms with E-state index >= 15 is 0 Å². The minimum atomic E-state index is -3.39. The van der Waals surface area contributed by atoms with Crippen molar-refractivity contribution < 1.29 is 8.42 Å². The summed E-state index contributed by atoms with van der Waals surface area (Å²) in [6.45, 7) is 1.93. The Labute approximate surface area is 109 Å². The number of hydrogen-bond acceptors (Lipinski definition) is 2. The molecule has 4 heteroatoms.